The fourth-order valence-electron chi connectivity index (χ4n) is 2.73. The Labute approximate surface area is 167 Å². The van der Waals surface area contributed by atoms with Crippen LogP contribution in [-0.2, 0) is 23.2 Å². The van der Waals surface area contributed by atoms with Gasteiger partial charge < -0.3 is 13.6 Å². The summed E-state index contributed by atoms with van der Waals surface area (Å²) in [6.07, 6.45) is 3.72. The first-order valence-corrected chi connectivity index (χ1v) is 15.9. The largest absolute Gasteiger partial charge is 0.462 e. The van der Waals surface area contributed by atoms with Gasteiger partial charge in [-0.15, -0.1) is 0 Å². The van der Waals surface area contributed by atoms with Crippen LogP contribution < -0.4 is 0 Å². The van der Waals surface area contributed by atoms with Crippen molar-refractivity contribution in [2.45, 2.75) is 77.8 Å². The van der Waals surface area contributed by atoms with E-state index in [1.165, 1.54) is 0 Å². The third kappa shape index (κ3) is 13.6. The van der Waals surface area contributed by atoms with E-state index in [4.69, 9.17) is 13.6 Å². The molecule has 0 aliphatic rings. The van der Waals surface area contributed by atoms with Gasteiger partial charge in [-0.25, -0.2) is 9.59 Å². The maximum atomic E-state index is 11.3. The minimum atomic E-state index is -1.73. The Hall–Kier alpha value is -1.19. The van der Waals surface area contributed by atoms with Gasteiger partial charge in [0.05, 0.1) is 13.2 Å². The molecule has 0 fully saturated rings. The Morgan fingerprint density at radius 2 is 1.04 bits per heavy atom. The zero-order chi connectivity index (χ0) is 21.1. The van der Waals surface area contributed by atoms with Crippen molar-refractivity contribution in [2.75, 3.05) is 13.2 Å². The maximum Gasteiger partial charge on any atom is 0.333 e. The van der Waals surface area contributed by atoms with E-state index >= 15 is 0 Å². The average molecular weight is 415 g/mol. The minimum absolute atomic E-state index is 0.315. The first kappa shape index (κ1) is 25.8. The lowest BCUT2D eigenvalue weighted by Gasteiger charge is -2.34. The van der Waals surface area contributed by atoms with Crippen molar-refractivity contribution in [3.63, 3.8) is 0 Å². The molecule has 0 aliphatic heterocycles. The first-order valence-electron chi connectivity index (χ1n) is 9.72. The second-order valence-corrected chi connectivity index (χ2v) is 17.2. The third-order valence-corrected chi connectivity index (χ3v) is 11.6. The molecule has 0 amide bonds. The Balaban J connectivity index is 4.03. The van der Waals surface area contributed by atoms with Crippen molar-refractivity contribution in [3.05, 3.63) is 24.3 Å². The predicted molar refractivity (Wildman–Crippen MR) is 116 cm³/mol. The molecule has 0 saturated heterocycles. The molecule has 0 N–H and O–H groups in total. The molecule has 156 valence electrons. The lowest BCUT2D eigenvalue weighted by Crippen LogP contribution is -2.44. The number of carbonyl (C=O) groups excluding carboxylic acids is 2. The molecule has 0 heterocycles. The quantitative estimate of drug-likeness (QED) is 0.169. The van der Waals surface area contributed by atoms with Crippen molar-refractivity contribution in [3.8, 4) is 0 Å². The summed E-state index contributed by atoms with van der Waals surface area (Å²) in [6.45, 7) is 20.4. The lowest BCUT2D eigenvalue weighted by atomic mass is 10.3. The molecule has 0 bridgehead atoms. The standard InChI is InChI=1S/C20H38O5Si2/c1-17(2)19(21)23-13-9-11-15-26(5,6)25-27(7,8)16-12-10-14-24-20(22)18(3)4/h1,3,9-16H2,2,4-8H3. The number of carbonyl (C=O) groups is 2. The van der Waals surface area contributed by atoms with Gasteiger partial charge in [-0.05, 0) is 65.0 Å². The normalized spacial score (nSPS) is 11.8. The van der Waals surface area contributed by atoms with E-state index in [2.05, 4.69) is 39.3 Å². The van der Waals surface area contributed by atoms with E-state index in [1.54, 1.807) is 13.8 Å². The highest BCUT2D eigenvalue weighted by Gasteiger charge is 2.32. The van der Waals surface area contributed by atoms with E-state index in [0.29, 0.717) is 24.4 Å². The molecule has 0 rings (SSSR count). The van der Waals surface area contributed by atoms with Gasteiger partial charge in [-0.1, -0.05) is 26.0 Å². The van der Waals surface area contributed by atoms with Gasteiger partial charge in [-0.3, -0.25) is 0 Å². The number of ether oxygens (including phenoxy) is 2. The maximum absolute atomic E-state index is 11.3. The van der Waals surface area contributed by atoms with Crippen molar-refractivity contribution in [2.24, 2.45) is 0 Å². The van der Waals surface area contributed by atoms with Crippen LogP contribution in [0.15, 0.2) is 24.3 Å². The molecule has 27 heavy (non-hydrogen) atoms. The zero-order valence-electron chi connectivity index (χ0n) is 18.1. The van der Waals surface area contributed by atoms with Gasteiger partial charge in [0.25, 0.3) is 0 Å². The van der Waals surface area contributed by atoms with Gasteiger partial charge >= 0.3 is 11.9 Å². The highest BCUT2D eigenvalue weighted by molar-refractivity contribution is 6.84. The molecule has 0 aromatic rings. The van der Waals surface area contributed by atoms with Crippen LogP contribution in [0.2, 0.25) is 38.3 Å². The molecule has 0 saturated carbocycles. The van der Waals surface area contributed by atoms with Crippen LogP contribution in [0, 0.1) is 0 Å². The summed E-state index contributed by atoms with van der Waals surface area (Å²) in [5.41, 5.74) is 0.880. The fourth-order valence-corrected chi connectivity index (χ4v) is 11.7. The van der Waals surface area contributed by atoms with Crippen LogP contribution in [0.3, 0.4) is 0 Å². The van der Waals surface area contributed by atoms with Gasteiger partial charge in [0, 0.05) is 11.1 Å². The molecule has 0 aliphatic carbocycles. The minimum Gasteiger partial charge on any atom is -0.462 e. The molecule has 7 heteroatoms. The first-order chi connectivity index (χ1) is 12.4. The van der Waals surface area contributed by atoms with Crippen LogP contribution in [0.4, 0.5) is 0 Å². The van der Waals surface area contributed by atoms with Crippen LogP contribution in [-0.4, -0.2) is 41.8 Å². The zero-order valence-corrected chi connectivity index (χ0v) is 20.1. The van der Waals surface area contributed by atoms with Crippen LogP contribution >= 0.6 is 0 Å². The lowest BCUT2D eigenvalue weighted by molar-refractivity contribution is -0.139. The molecule has 0 aromatic heterocycles. The van der Waals surface area contributed by atoms with E-state index in [1.807, 2.05) is 0 Å². The van der Waals surface area contributed by atoms with Crippen molar-refractivity contribution in [1.29, 1.82) is 0 Å². The monoisotopic (exact) mass is 414 g/mol. The summed E-state index contributed by atoms with van der Waals surface area (Å²) in [7, 11) is -3.46. The van der Waals surface area contributed by atoms with Crippen LogP contribution in [0.5, 0.6) is 0 Å². The number of unbranched alkanes of at least 4 members (excludes halogenated alkanes) is 2. The van der Waals surface area contributed by atoms with Gasteiger partial charge in [0.2, 0.25) is 0 Å². The summed E-state index contributed by atoms with van der Waals surface area (Å²) >= 11 is 0. The summed E-state index contributed by atoms with van der Waals surface area (Å²) in [4.78, 5) is 22.7. The SMILES string of the molecule is C=C(C)C(=O)OCCCC[Si](C)(C)O[Si](C)(C)CCCCOC(=O)C(=C)C. The predicted octanol–water partition coefficient (Wildman–Crippen LogP) is 5.21. The number of esters is 2. The second-order valence-electron chi connectivity index (χ2n) is 8.37. The van der Waals surface area contributed by atoms with Crippen molar-refractivity contribution in [1.82, 2.24) is 0 Å². The Kier molecular flexibility index (Phi) is 11.8. The molecular weight excluding hydrogens is 376 g/mol. The van der Waals surface area contributed by atoms with Gasteiger partial charge in [0.15, 0.2) is 16.6 Å². The summed E-state index contributed by atoms with van der Waals surface area (Å²) in [5, 5.41) is 0. The highest BCUT2D eigenvalue weighted by Crippen LogP contribution is 2.24. The molecular formula is C20H38O5Si2. The molecule has 0 aromatic carbocycles. The third-order valence-electron chi connectivity index (χ3n) is 4.06. The summed E-state index contributed by atoms with van der Waals surface area (Å²) < 4.78 is 16.9. The summed E-state index contributed by atoms with van der Waals surface area (Å²) in [5.74, 6) is -0.629. The Morgan fingerprint density at radius 3 is 1.33 bits per heavy atom. The van der Waals surface area contributed by atoms with E-state index < -0.39 is 16.6 Å². The molecule has 5 nitrogen and oxygen atoms in total. The molecule has 0 spiro atoms. The summed E-state index contributed by atoms with van der Waals surface area (Å²) in [6, 6.07) is 2.12. The van der Waals surface area contributed by atoms with Gasteiger partial charge in [-0.2, -0.15) is 0 Å². The number of rotatable bonds is 14. The molecule has 0 radical (unpaired) electrons. The molecule has 0 atom stereocenters. The van der Waals surface area contributed by atoms with Crippen LogP contribution in [0.25, 0.3) is 0 Å². The Bertz CT molecular complexity index is 480. The Morgan fingerprint density at radius 1 is 0.704 bits per heavy atom. The molecule has 0 unspecified atom stereocenters. The van der Waals surface area contributed by atoms with Crippen LogP contribution in [0.1, 0.15) is 39.5 Å². The smallest absolute Gasteiger partial charge is 0.333 e. The highest BCUT2D eigenvalue weighted by atomic mass is 28.4. The van der Waals surface area contributed by atoms with E-state index in [9.17, 15) is 9.59 Å². The topological polar surface area (TPSA) is 61.8 Å². The van der Waals surface area contributed by atoms with E-state index in [-0.39, 0.29) is 11.9 Å². The van der Waals surface area contributed by atoms with Crippen molar-refractivity contribution >= 4 is 28.6 Å². The van der Waals surface area contributed by atoms with Gasteiger partial charge in [0.1, 0.15) is 0 Å². The van der Waals surface area contributed by atoms with Crippen molar-refractivity contribution < 1.29 is 23.2 Å². The number of hydrogen-bond acceptors (Lipinski definition) is 5. The average Bonchev–Trinajstić information content (AvgIpc) is 2.52. The second kappa shape index (κ2) is 12.3. The van der Waals surface area contributed by atoms with E-state index in [0.717, 1.165) is 37.8 Å². The number of hydrogen-bond donors (Lipinski definition) is 0. The fraction of sp³-hybridized carbons (Fsp3) is 0.700.